The number of nitrogens with zero attached hydrogens (tertiary/aromatic N) is 1. The van der Waals surface area contributed by atoms with E-state index in [1.165, 1.54) is 4.90 Å². The van der Waals surface area contributed by atoms with Gasteiger partial charge in [0.1, 0.15) is 22.8 Å². The monoisotopic (exact) mass is 499 g/mol. The number of aromatic hydroxyl groups is 1. The van der Waals surface area contributed by atoms with Gasteiger partial charge in [-0.15, -0.1) is 0 Å². The number of fused-ring (bicyclic) bond motifs is 3. The number of aliphatic hydroxyl groups excluding tert-OH is 2. The Morgan fingerprint density at radius 1 is 1.19 bits per heavy atom. The van der Waals surface area contributed by atoms with Crippen LogP contribution < -0.4 is 11.5 Å². The van der Waals surface area contributed by atoms with Gasteiger partial charge in [0.2, 0.25) is 5.78 Å². The minimum Gasteiger partial charge on any atom is -0.510 e. The number of phenols is 1. The summed E-state index contributed by atoms with van der Waals surface area (Å²) in [5.41, 5.74) is 8.92. The van der Waals surface area contributed by atoms with Crippen LogP contribution in [0, 0.1) is 11.8 Å². The van der Waals surface area contributed by atoms with Crippen molar-refractivity contribution >= 4 is 17.5 Å². The van der Waals surface area contributed by atoms with Crippen LogP contribution >= 0.6 is 0 Å². The summed E-state index contributed by atoms with van der Waals surface area (Å²) < 4.78 is 0. The largest absolute Gasteiger partial charge is 0.510 e. The number of primary amides is 1. The number of ketones is 2. The van der Waals surface area contributed by atoms with E-state index in [2.05, 4.69) is 0 Å². The summed E-state index contributed by atoms with van der Waals surface area (Å²) in [5.74, 6) is -6.61. The lowest BCUT2D eigenvalue weighted by atomic mass is 9.58. The van der Waals surface area contributed by atoms with Crippen LogP contribution in [0.25, 0.3) is 0 Å². The Bertz CT molecular complexity index is 1270. The molecule has 0 spiro atoms. The number of nitrogens with two attached hydrogens (primary N) is 2. The van der Waals surface area contributed by atoms with Gasteiger partial charge < -0.3 is 31.9 Å². The second-order valence-electron chi connectivity index (χ2n) is 11.2. The first-order chi connectivity index (χ1) is 16.6. The second-order valence-corrected chi connectivity index (χ2v) is 11.2. The number of aliphatic hydroxyl groups is 3. The van der Waals surface area contributed by atoms with E-state index in [1.807, 2.05) is 20.8 Å². The highest BCUT2D eigenvalue weighted by Gasteiger charge is 2.63. The average Bonchev–Trinajstić information content (AvgIpc) is 2.75. The van der Waals surface area contributed by atoms with Crippen molar-refractivity contribution in [3.63, 3.8) is 0 Å². The van der Waals surface area contributed by atoms with Crippen LogP contribution in [0.2, 0.25) is 0 Å². The fourth-order valence-corrected chi connectivity index (χ4v) is 6.15. The fraction of sp³-hybridized carbons (Fsp3) is 0.500. The molecule has 3 aliphatic carbocycles. The van der Waals surface area contributed by atoms with Gasteiger partial charge in [-0.1, -0.05) is 20.8 Å². The fourth-order valence-electron chi connectivity index (χ4n) is 6.15. The molecule has 4 rings (SSSR count). The molecule has 36 heavy (non-hydrogen) atoms. The molecule has 0 aromatic heterocycles. The van der Waals surface area contributed by atoms with Crippen molar-refractivity contribution in [3.05, 3.63) is 51.0 Å². The summed E-state index contributed by atoms with van der Waals surface area (Å²) in [4.78, 5) is 40.8. The number of hydrogen-bond acceptors (Lipinski definition) is 9. The smallest absolute Gasteiger partial charge is 0.255 e. The molecule has 0 saturated heterocycles. The molecule has 0 bridgehead atoms. The maximum atomic E-state index is 13.8. The molecule has 1 unspecified atom stereocenters. The van der Waals surface area contributed by atoms with Gasteiger partial charge >= 0.3 is 0 Å². The van der Waals surface area contributed by atoms with Crippen molar-refractivity contribution in [1.29, 1.82) is 0 Å². The molecule has 0 saturated carbocycles. The number of rotatable bonds is 3. The Morgan fingerprint density at radius 3 is 2.31 bits per heavy atom. The molecule has 0 aliphatic heterocycles. The molecule has 1 aromatic carbocycles. The molecular formula is C26H33N3O7. The van der Waals surface area contributed by atoms with Crippen molar-refractivity contribution in [2.75, 3.05) is 14.1 Å². The number of Topliss-reactive ketones (excluding diaryl/α,β-unsaturated/α-hetero) is 2. The predicted octanol–water partition coefficient (Wildman–Crippen LogP) is 0.877. The molecule has 8 N–H and O–H groups in total. The number of amides is 1. The van der Waals surface area contributed by atoms with Crippen molar-refractivity contribution in [3.8, 4) is 5.75 Å². The van der Waals surface area contributed by atoms with E-state index in [4.69, 9.17) is 11.5 Å². The van der Waals surface area contributed by atoms with Crippen molar-refractivity contribution in [2.45, 2.75) is 57.2 Å². The molecule has 194 valence electrons. The van der Waals surface area contributed by atoms with E-state index in [0.717, 1.165) is 0 Å². The minimum absolute atomic E-state index is 0.0105. The maximum absolute atomic E-state index is 13.8. The lowest BCUT2D eigenvalue weighted by Gasteiger charge is -2.50. The summed E-state index contributed by atoms with van der Waals surface area (Å²) in [6.07, 6.45) is 0.261. The lowest BCUT2D eigenvalue weighted by molar-refractivity contribution is -0.148. The highest BCUT2D eigenvalue weighted by molar-refractivity contribution is 6.24. The summed E-state index contributed by atoms with van der Waals surface area (Å²) >= 11 is 0. The Labute approximate surface area is 208 Å². The van der Waals surface area contributed by atoms with Crippen LogP contribution in [0.1, 0.15) is 54.2 Å². The van der Waals surface area contributed by atoms with Crippen LogP contribution in [0.15, 0.2) is 28.7 Å². The second kappa shape index (κ2) is 8.16. The maximum Gasteiger partial charge on any atom is 0.255 e. The number of carbonyl (C=O) groups excluding carboxylic acids is 3. The molecule has 0 fully saturated rings. The SMILES string of the molecule is CN(C)C1C(O)=C(C(N)=O)C(=O)[C@@]2(O)C(O)=C3C(=O)c4c(O)c(C(C)(C)C)cc(CN)c4C[C@H]3C[C@@H]12. The van der Waals surface area contributed by atoms with Gasteiger partial charge in [-0.25, -0.2) is 0 Å². The number of benzene rings is 1. The molecule has 0 heterocycles. The van der Waals surface area contributed by atoms with E-state index in [0.29, 0.717) is 16.7 Å². The number of phenolic OH excluding ortho intramolecular Hbond substituents is 1. The van der Waals surface area contributed by atoms with Crippen LogP contribution in [0.4, 0.5) is 0 Å². The van der Waals surface area contributed by atoms with Crippen LogP contribution in [-0.2, 0) is 28.0 Å². The highest BCUT2D eigenvalue weighted by atomic mass is 16.3. The molecular weight excluding hydrogens is 466 g/mol. The van der Waals surface area contributed by atoms with Crippen LogP contribution in [0.3, 0.4) is 0 Å². The molecule has 4 atom stereocenters. The van der Waals surface area contributed by atoms with Gasteiger partial charge in [-0.2, -0.15) is 0 Å². The van der Waals surface area contributed by atoms with Gasteiger partial charge in [0.05, 0.1) is 11.6 Å². The van der Waals surface area contributed by atoms with E-state index in [-0.39, 0.29) is 36.3 Å². The predicted molar refractivity (Wildman–Crippen MR) is 130 cm³/mol. The molecule has 10 nitrogen and oxygen atoms in total. The molecule has 1 amide bonds. The van der Waals surface area contributed by atoms with Crippen LogP contribution in [0.5, 0.6) is 5.75 Å². The summed E-state index contributed by atoms with van der Waals surface area (Å²) in [5, 5.41) is 45.0. The van der Waals surface area contributed by atoms with Gasteiger partial charge in [0.25, 0.3) is 5.91 Å². The van der Waals surface area contributed by atoms with E-state index in [1.54, 1.807) is 20.2 Å². The zero-order valence-electron chi connectivity index (χ0n) is 21.0. The standard InChI is InChI=1S/C26H33N3O7/c1-25(2,3)14-8-11(9-27)12-6-10-7-13-18(29(4)5)21(32)17(24(28)35)23(34)26(13,36)22(33)15(10)20(31)16(12)19(14)30/h8,10,13,18,30,32-33,36H,6-7,9,27H2,1-5H3,(H2,28,35)/t10-,13-,18?,26-/m0/s1. The first kappa shape index (κ1) is 25.9. The summed E-state index contributed by atoms with van der Waals surface area (Å²) in [6, 6.07) is 0.761. The molecule has 1 aromatic rings. The van der Waals surface area contributed by atoms with Gasteiger partial charge in [0.15, 0.2) is 11.4 Å². The average molecular weight is 500 g/mol. The number of carbonyl (C=O) groups is 3. The van der Waals surface area contributed by atoms with E-state index < -0.39 is 63.5 Å². The number of hydrogen-bond donors (Lipinski definition) is 6. The van der Waals surface area contributed by atoms with Crippen molar-refractivity contribution < 1.29 is 34.8 Å². The zero-order chi connectivity index (χ0) is 27.1. The quantitative estimate of drug-likeness (QED) is 0.328. The Balaban J connectivity index is 2.00. The van der Waals surface area contributed by atoms with Gasteiger partial charge in [-0.3, -0.25) is 19.3 Å². The van der Waals surface area contributed by atoms with E-state index >= 15 is 0 Å². The van der Waals surface area contributed by atoms with Gasteiger partial charge in [0, 0.05) is 23.6 Å². The topological polar surface area (TPSA) is 187 Å². The first-order valence-corrected chi connectivity index (χ1v) is 11.8. The molecule has 3 aliphatic rings. The van der Waals surface area contributed by atoms with Crippen molar-refractivity contribution in [1.82, 2.24) is 4.90 Å². The third-order valence-corrected chi connectivity index (χ3v) is 7.84. The summed E-state index contributed by atoms with van der Waals surface area (Å²) in [7, 11) is 3.18. The third kappa shape index (κ3) is 3.31. The normalized spacial score (nSPS) is 28.3. The molecule has 0 radical (unpaired) electrons. The van der Waals surface area contributed by atoms with E-state index in [9.17, 15) is 34.8 Å². The zero-order valence-corrected chi connectivity index (χ0v) is 21.0. The third-order valence-electron chi connectivity index (χ3n) is 7.84. The Kier molecular flexibility index (Phi) is 5.86. The Morgan fingerprint density at radius 2 is 1.81 bits per heavy atom. The number of allylic oxidation sites excluding steroid dienone is 1. The van der Waals surface area contributed by atoms with Crippen molar-refractivity contribution in [2.24, 2.45) is 23.3 Å². The van der Waals surface area contributed by atoms with Gasteiger partial charge in [-0.05, 0) is 55.5 Å². The minimum atomic E-state index is -2.65. The highest BCUT2D eigenvalue weighted by Crippen LogP contribution is 2.53. The van der Waals surface area contributed by atoms with Crippen LogP contribution in [-0.4, -0.2) is 68.5 Å². The molecule has 10 heteroatoms. The lowest BCUT2D eigenvalue weighted by Crippen LogP contribution is -2.63. The first-order valence-electron chi connectivity index (χ1n) is 11.8. The summed E-state index contributed by atoms with van der Waals surface area (Å²) in [6.45, 7) is 5.75. The number of likely N-dealkylation sites (N-methyl/N-ethyl adjacent to an activating group) is 1. The Hall–Kier alpha value is -3.21.